The van der Waals surface area contributed by atoms with E-state index in [0.717, 1.165) is 17.0 Å². The maximum absolute atomic E-state index is 13.0. The van der Waals surface area contributed by atoms with Crippen molar-refractivity contribution in [3.8, 4) is 5.75 Å². The zero-order valence-corrected chi connectivity index (χ0v) is 15.9. The first-order chi connectivity index (χ1) is 14.3. The average molecular weight is 434 g/mol. The molecule has 6 nitrogen and oxygen atoms in total. The van der Waals surface area contributed by atoms with E-state index in [1.165, 1.54) is 29.7 Å². The zero-order chi connectivity index (χ0) is 21.3. The maximum atomic E-state index is 13.0. The van der Waals surface area contributed by atoms with Crippen molar-refractivity contribution in [3.63, 3.8) is 0 Å². The molecule has 10 heteroatoms. The number of furan rings is 1. The van der Waals surface area contributed by atoms with Gasteiger partial charge in [0, 0.05) is 10.6 Å². The van der Waals surface area contributed by atoms with Crippen molar-refractivity contribution in [2.24, 2.45) is 0 Å². The fourth-order valence-electron chi connectivity index (χ4n) is 2.93. The van der Waals surface area contributed by atoms with Gasteiger partial charge in [-0.3, -0.25) is 14.5 Å². The second kappa shape index (κ2) is 7.71. The van der Waals surface area contributed by atoms with Gasteiger partial charge in [-0.1, -0.05) is 6.07 Å². The molecule has 0 bridgehead atoms. The predicted molar refractivity (Wildman–Crippen MR) is 102 cm³/mol. The summed E-state index contributed by atoms with van der Waals surface area (Å²) < 4.78 is 46.1. The molecule has 0 spiro atoms. The Morgan fingerprint density at radius 1 is 1.03 bits per heavy atom. The van der Waals surface area contributed by atoms with E-state index >= 15 is 0 Å². The van der Waals surface area contributed by atoms with E-state index in [1.807, 2.05) is 0 Å². The Morgan fingerprint density at radius 2 is 1.80 bits per heavy atom. The summed E-state index contributed by atoms with van der Waals surface area (Å²) in [5.41, 5.74) is 0.560. The van der Waals surface area contributed by atoms with Crippen molar-refractivity contribution in [1.29, 1.82) is 0 Å². The minimum Gasteiger partial charge on any atom is -0.467 e. The molecule has 0 unspecified atom stereocenters. The summed E-state index contributed by atoms with van der Waals surface area (Å²) in [6.45, 7) is -0.0386. The molecule has 0 aliphatic carbocycles. The third kappa shape index (κ3) is 4.08. The van der Waals surface area contributed by atoms with Crippen molar-refractivity contribution in [2.45, 2.75) is 12.9 Å². The average Bonchev–Trinajstić information content (AvgIpc) is 3.42. The Morgan fingerprint density at radius 3 is 2.40 bits per heavy atom. The standard InChI is InChI=1S/C20H13F3N2O4S/c21-20(22,23)29-13-7-5-12(6-8-13)24-17-16(15-4-2-10-30-15)18(26)25(19(17)27)11-14-3-1-9-28-14/h1-10,24H,11H2. The first kappa shape index (κ1) is 19.8. The Labute approximate surface area is 172 Å². The predicted octanol–water partition coefficient (Wildman–Crippen LogP) is 4.63. The fourth-order valence-corrected chi connectivity index (χ4v) is 3.70. The smallest absolute Gasteiger partial charge is 0.467 e. The van der Waals surface area contributed by atoms with Gasteiger partial charge in [0.1, 0.15) is 17.2 Å². The van der Waals surface area contributed by atoms with Gasteiger partial charge in [0.2, 0.25) is 0 Å². The molecule has 4 rings (SSSR count). The van der Waals surface area contributed by atoms with Crippen LogP contribution < -0.4 is 10.1 Å². The van der Waals surface area contributed by atoms with Crippen LogP contribution in [-0.4, -0.2) is 23.1 Å². The highest BCUT2D eigenvalue weighted by atomic mass is 32.1. The number of anilines is 1. The van der Waals surface area contributed by atoms with Crippen LogP contribution in [0.5, 0.6) is 5.75 Å². The number of ether oxygens (including phenoxy) is 1. The van der Waals surface area contributed by atoms with E-state index in [-0.39, 0.29) is 17.8 Å². The van der Waals surface area contributed by atoms with Gasteiger partial charge in [-0.05, 0) is 47.8 Å². The van der Waals surface area contributed by atoms with Crippen LogP contribution in [0.2, 0.25) is 0 Å². The molecule has 2 aromatic heterocycles. The number of thiophene rings is 1. The van der Waals surface area contributed by atoms with Gasteiger partial charge >= 0.3 is 6.36 Å². The summed E-state index contributed by atoms with van der Waals surface area (Å²) in [5.74, 6) is -1.00. The number of hydrogen-bond donors (Lipinski definition) is 1. The van der Waals surface area contributed by atoms with Crippen LogP contribution in [0.4, 0.5) is 18.9 Å². The minimum absolute atomic E-state index is 0.0386. The Kier molecular flexibility index (Phi) is 5.08. The van der Waals surface area contributed by atoms with Gasteiger partial charge < -0.3 is 14.5 Å². The third-order valence-corrected chi connectivity index (χ3v) is 5.07. The molecule has 154 valence electrons. The highest BCUT2D eigenvalue weighted by Crippen LogP contribution is 2.34. The van der Waals surface area contributed by atoms with Gasteiger partial charge in [-0.2, -0.15) is 0 Å². The molecule has 1 N–H and O–H groups in total. The molecular formula is C20H13F3N2O4S. The molecular weight excluding hydrogens is 421 g/mol. The number of nitrogens with zero attached hydrogens (tertiary/aromatic N) is 1. The normalized spacial score (nSPS) is 14.6. The molecule has 1 aromatic carbocycles. The van der Waals surface area contributed by atoms with Crippen LogP contribution in [0.3, 0.4) is 0 Å². The topological polar surface area (TPSA) is 71.8 Å². The van der Waals surface area contributed by atoms with Crippen molar-refractivity contribution in [2.75, 3.05) is 5.32 Å². The molecule has 1 aliphatic rings. The van der Waals surface area contributed by atoms with Gasteiger partial charge in [0.15, 0.2) is 0 Å². The van der Waals surface area contributed by atoms with E-state index in [2.05, 4.69) is 10.1 Å². The molecule has 0 fully saturated rings. The summed E-state index contributed by atoms with van der Waals surface area (Å²) >= 11 is 1.29. The van der Waals surface area contributed by atoms with Crippen LogP contribution in [0.25, 0.3) is 5.57 Å². The second-order valence-corrected chi connectivity index (χ2v) is 7.15. The minimum atomic E-state index is -4.80. The van der Waals surface area contributed by atoms with Crippen molar-refractivity contribution >= 4 is 34.4 Å². The second-order valence-electron chi connectivity index (χ2n) is 6.20. The molecule has 0 atom stereocenters. The van der Waals surface area contributed by atoms with E-state index in [4.69, 9.17) is 4.42 Å². The highest BCUT2D eigenvalue weighted by Gasteiger charge is 2.40. The van der Waals surface area contributed by atoms with E-state index in [9.17, 15) is 22.8 Å². The van der Waals surface area contributed by atoms with Crippen LogP contribution in [0.1, 0.15) is 10.6 Å². The number of carbonyl (C=O) groups excluding carboxylic acids is 2. The number of hydrogen-bond acceptors (Lipinski definition) is 6. The summed E-state index contributed by atoms with van der Waals surface area (Å²) in [4.78, 5) is 27.6. The SMILES string of the molecule is O=C1C(Nc2ccc(OC(F)(F)F)cc2)=C(c2cccs2)C(=O)N1Cc1ccco1. The van der Waals surface area contributed by atoms with Crippen LogP contribution >= 0.6 is 11.3 Å². The molecule has 3 heterocycles. The first-order valence-electron chi connectivity index (χ1n) is 8.61. The van der Waals surface area contributed by atoms with Gasteiger partial charge in [-0.25, -0.2) is 0 Å². The summed E-state index contributed by atoms with van der Waals surface area (Å²) in [5, 5.41) is 4.64. The number of rotatable bonds is 6. The maximum Gasteiger partial charge on any atom is 0.573 e. The van der Waals surface area contributed by atoms with Gasteiger partial charge in [0.25, 0.3) is 11.8 Å². The number of nitrogens with one attached hydrogen (secondary N) is 1. The Bertz CT molecular complexity index is 1090. The molecule has 1 aliphatic heterocycles. The number of carbonyl (C=O) groups is 2. The lowest BCUT2D eigenvalue weighted by atomic mass is 10.2. The zero-order valence-electron chi connectivity index (χ0n) is 15.1. The molecule has 0 saturated heterocycles. The number of benzene rings is 1. The van der Waals surface area contributed by atoms with Crippen molar-refractivity contribution in [1.82, 2.24) is 4.90 Å². The summed E-state index contributed by atoms with van der Waals surface area (Å²) in [6, 6.07) is 11.6. The quantitative estimate of drug-likeness (QED) is 0.573. The number of imide groups is 1. The lowest BCUT2D eigenvalue weighted by Gasteiger charge is -2.14. The fraction of sp³-hybridized carbons (Fsp3) is 0.100. The largest absolute Gasteiger partial charge is 0.573 e. The molecule has 30 heavy (non-hydrogen) atoms. The van der Waals surface area contributed by atoms with E-state index in [1.54, 1.807) is 29.6 Å². The van der Waals surface area contributed by atoms with Crippen LogP contribution in [-0.2, 0) is 16.1 Å². The number of alkyl halides is 3. The molecule has 0 saturated carbocycles. The van der Waals surface area contributed by atoms with Crippen LogP contribution in [0.15, 0.2) is 70.3 Å². The summed E-state index contributed by atoms with van der Waals surface area (Å²) in [6.07, 6.45) is -3.36. The van der Waals surface area contributed by atoms with E-state index < -0.39 is 23.9 Å². The van der Waals surface area contributed by atoms with Crippen molar-refractivity contribution in [3.05, 3.63) is 76.5 Å². The lowest BCUT2D eigenvalue weighted by molar-refractivity contribution is -0.274. The van der Waals surface area contributed by atoms with Gasteiger partial charge in [0.05, 0.1) is 18.4 Å². The first-order valence-corrected chi connectivity index (χ1v) is 9.49. The Hall–Kier alpha value is -3.53. The summed E-state index contributed by atoms with van der Waals surface area (Å²) in [7, 11) is 0. The number of amides is 2. The van der Waals surface area contributed by atoms with E-state index in [0.29, 0.717) is 16.3 Å². The monoisotopic (exact) mass is 434 g/mol. The lowest BCUT2D eigenvalue weighted by Crippen LogP contribution is -2.31. The van der Waals surface area contributed by atoms with Crippen molar-refractivity contribution < 1.29 is 31.9 Å². The highest BCUT2D eigenvalue weighted by molar-refractivity contribution is 7.11. The molecule has 3 aromatic rings. The Balaban J connectivity index is 1.63. The van der Waals surface area contributed by atoms with Gasteiger partial charge in [-0.15, -0.1) is 24.5 Å². The third-order valence-electron chi connectivity index (χ3n) is 4.19. The molecule has 2 amide bonds. The van der Waals surface area contributed by atoms with Crippen LogP contribution in [0, 0.1) is 0 Å². The molecule has 0 radical (unpaired) electrons. The number of halogens is 3.